The molecule has 0 radical (unpaired) electrons. The fourth-order valence-electron chi connectivity index (χ4n) is 5.38. The molecule has 2 aliphatic carbocycles. The van der Waals surface area contributed by atoms with Crippen molar-refractivity contribution in [3.05, 3.63) is 51.0 Å². The second kappa shape index (κ2) is 7.35. The molecule has 31 heavy (non-hydrogen) atoms. The number of carbonyl (C=O) groups is 1. The largest absolute Gasteiger partial charge is 0.477 e. The number of fused-ring (bicyclic) bond motifs is 2. The summed E-state index contributed by atoms with van der Waals surface area (Å²) in [4.78, 5) is 26.4. The maximum Gasteiger partial charge on any atom is 0.341 e. The van der Waals surface area contributed by atoms with Crippen molar-refractivity contribution in [2.75, 3.05) is 25.0 Å². The summed E-state index contributed by atoms with van der Waals surface area (Å²) in [6.07, 6.45) is 7.52. The molecule has 8 heteroatoms. The van der Waals surface area contributed by atoms with Gasteiger partial charge in [0, 0.05) is 37.3 Å². The molecule has 1 aromatic heterocycles. The molecule has 0 spiro atoms. The molecule has 1 saturated carbocycles. The van der Waals surface area contributed by atoms with E-state index in [0.717, 1.165) is 12.8 Å². The van der Waals surface area contributed by atoms with E-state index in [1.165, 1.54) is 12.3 Å². The third-order valence-corrected chi connectivity index (χ3v) is 7.53. The molecule has 5 rings (SSSR count). The van der Waals surface area contributed by atoms with E-state index in [1.54, 1.807) is 4.57 Å². The topological polar surface area (TPSA) is 74.6 Å². The number of allylic oxidation sites excluding steroid dienone is 1. The number of aromatic carboxylic acids is 1. The van der Waals surface area contributed by atoms with Crippen LogP contribution < -0.4 is 15.6 Å². The zero-order valence-electron chi connectivity index (χ0n) is 17.4. The lowest BCUT2D eigenvalue weighted by molar-refractivity contribution is 0.0695. The monoisotopic (exact) mass is 445 g/mol. The van der Waals surface area contributed by atoms with Gasteiger partial charge in [0.25, 0.3) is 0 Å². The summed E-state index contributed by atoms with van der Waals surface area (Å²) in [5, 5.41) is 13.0. The van der Waals surface area contributed by atoms with E-state index in [4.69, 9.17) is 11.6 Å². The summed E-state index contributed by atoms with van der Waals surface area (Å²) in [6.45, 7) is 3.52. The van der Waals surface area contributed by atoms with Crippen LogP contribution in [0.3, 0.4) is 0 Å². The predicted octanol–water partition coefficient (Wildman–Crippen LogP) is 3.67. The summed E-state index contributed by atoms with van der Waals surface area (Å²) < 4.78 is 17.2. The first-order valence-electron chi connectivity index (χ1n) is 10.7. The zero-order valence-corrected chi connectivity index (χ0v) is 18.2. The molecule has 2 heterocycles. The van der Waals surface area contributed by atoms with E-state index in [9.17, 15) is 14.7 Å². The number of rotatable bonds is 4. The molecule has 0 bridgehead atoms. The highest BCUT2D eigenvalue weighted by molar-refractivity contribution is 6.38. The van der Waals surface area contributed by atoms with Crippen molar-refractivity contribution in [2.45, 2.75) is 31.8 Å². The van der Waals surface area contributed by atoms with Crippen LogP contribution in [0.15, 0.2) is 29.2 Å². The average Bonchev–Trinajstić information content (AvgIpc) is 3.47. The van der Waals surface area contributed by atoms with Gasteiger partial charge < -0.3 is 19.9 Å². The van der Waals surface area contributed by atoms with Crippen molar-refractivity contribution in [2.24, 2.45) is 17.8 Å². The highest BCUT2D eigenvalue weighted by atomic mass is 35.5. The number of hydrogen-bond acceptors (Lipinski definition) is 4. The lowest BCUT2D eigenvalue weighted by Gasteiger charge is -2.32. The number of carboxylic acids is 1. The van der Waals surface area contributed by atoms with Crippen LogP contribution in [0.5, 0.6) is 0 Å². The van der Waals surface area contributed by atoms with E-state index < -0.39 is 17.2 Å². The van der Waals surface area contributed by atoms with Crippen molar-refractivity contribution < 1.29 is 14.3 Å². The van der Waals surface area contributed by atoms with E-state index in [-0.39, 0.29) is 28.1 Å². The van der Waals surface area contributed by atoms with Crippen molar-refractivity contribution in [1.82, 2.24) is 9.88 Å². The SMILES string of the molecule is CNC1C=CC(C)C2CN(c3c(F)cc4c(=O)c(C(=O)O)cn(C5CC5)c4c3Cl)CC12. The first-order valence-corrected chi connectivity index (χ1v) is 11.1. The van der Waals surface area contributed by atoms with Gasteiger partial charge in [-0.2, -0.15) is 0 Å². The quantitative estimate of drug-likeness (QED) is 0.702. The molecular weight excluding hydrogens is 421 g/mol. The Labute approximate surface area is 184 Å². The number of nitrogens with one attached hydrogen (secondary N) is 1. The fraction of sp³-hybridized carbons (Fsp3) is 0.478. The highest BCUT2D eigenvalue weighted by Crippen LogP contribution is 2.45. The molecule has 3 aliphatic rings. The number of aromatic nitrogens is 1. The number of pyridine rings is 1. The molecule has 0 amide bonds. The van der Waals surface area contributed by atoms with Gasteiger partial charge in [-0.05, 0) is 37.8 Å². The number of benzene rings is 1. The standard InChI is InChI=1S/C23H25ClFN3O3/c1-11-3-6-18(26-2)15-9-27(8-14(11)15)21-17(25)7-13-20(19(21)24)28(12-4-5-12)10-16(22(13)29)23(30)31/h3,6-7,10-12,14-15,18,26H,4-5,8-9H2,1-2H3,(H,30,31). The Morgan fingerprint density at radius 3 is 2.61 bits per heavy atom. The molecule has 2 fully saturated rings. The van der Waals surface area contributed by atoms with Crippen LogP contribution in [0, 0.1) is 23.6 Å². The molecule has 164 valence electrons. The van der Waals surface area contributed by atoms with E-state index in [2.05, 4.69) is 24.4 Å². The van der Waals surface area contributed by atoms with E-state index >= 15 is 4.39 Å². The molecule has 1 saturated heterocycles. The van der Waals surface area contributed by atoms with Crippen LogP contribution in [0.2, 0.25) is 5.02 Å². The third kappa shape index (κ3) is 3.17. The van der Waals surface area contributed by atoms with Crippen LogP contribution in [-0.2, 0) is 0 Å². The maximum absolute atomic E-state index is 15.4. The highest BCUT2D eigenvalue weighted by Gasteiger charge is 2.42. The lowest BCUT2D eigenvalue weighted by atomic mass is 9.76. The third-order valence-electron chi connectivity index (χ3n) is 7.18. The Balaban J connectivity index is 1.66. The maximum atomic E-state index is 15.4. The predicted molar refractivity (Wildman–Crippen MR) is 119 cm³/mol. The summed E-state index contributed by atoms with van der Waals surface area (Å²) in [7, 11) is 1.93. The molecule has 1 aromatic carbocycles. The molecular formula is C23H25ClFN3O3. The van der Waals surface area contributed by atoms with Crippen LogP contribution >= 0.6 is 11.6 Å². The van der Waals surface area contributed by atoms with Crippen LogP contribution in [0.1, 0.15) is 36.2 Å². The normalized spacial score (nSPS) is 27.7. The average molecular weight is 446 g/mol. The van der Waals surface area contributed by atoms with Crippen LogP contribution in [-0.4, -0.2) is 41.8 Å². The summed E-state index contributed by atoms with van der Waals surface area (Å²) in [6, 6.07) is 1.47. The van der Waals surface area contributed by atoms with Crippen molar-refractivity contribution in [1.29, 1.82) is 0 Å². The van der Waals surface area contributed by atoms with Gasteiger partial charge in [0.2, 0.25) is 5.43 Å². The van der Waals surface area contributed by atoms with Crippen molar-refractivity contribution in [3.8, 4) is 0 Å². The second-order valence-corrected chi connectivity index (χ2v) is 9.40. The van der Waals surface area contributed by atoms with Gasteiger partial charge in [-0.25, -0.2) is 9.18 Å². The summed E-state index contributed by atoms with van der Waals surface area (Å²) >= 11 is 6.79. The van der Waals surface area contributed by atoms with E-state index in [1.807, 2.05) is 11.9 Å². The molecule has 6 nitrogen and oxygen atoms in total. The fourth-order valence-corrected chi connectivity index (χ4v) is 5.79. The Bertz CT molecular complexity index is 1170. The van der Waals surface area contributed by atoms with Gasteiger partial charge in [0.05, 0.1) is 21.6 Å². The number of carboxylic acid groups (broad SMARTS) is 1. The van der Waals surface area contributed by atoms with Gasteiger partial charge in [-0.15, -0.1) is 0 Å². The van der Waals surface area contributed by atoms with Gasteiger partial charge in [-0.1, -0.05) is 30.7 Å². The minimum Gasteiger partial charge on any atom is -0.477 e. The van der Waals surface area contributed by atoms with Crippen LogP contribution in [0.25, 0.3) is 10.9 Å². The Morgan fingerprint density at radius 1 is 1.26 bits per heavy atom. The second-order valence-electron chi connectivity index (χ2n) is 9.02. The molecule has 2 N–H and O–H groups in total. The van der Waals surface area contributed by atoms with Gasteiger partial charge in [0.15, 0.2) is 0 Å². The van der Waals surface area contributed by atoms with Gasteiger partial charge >= 0.3 is 5.97 Å². The zero-order chi connectivity index (χ0) is 22.0. The van der Waals surface area contributed by atoms with E-state index in [0.29, 0.717) is 42.0 Å². The van der Waals surface area contributed by atoms with Crippen molar-refractivity contribution in [3.63, 3.8) is 0 Å². The lowest BCUT2D eigenvalue weighted by Crippen LogP contribution is -2.40. The summed E-state index contributed by atoms with van der Waals surface area (Å²) in [5.74, 6) is -0.820. The number of halogens is 2. The molecule has 4 atom stereocenters. The van der Waals surface area contributed by atoms with Gasteiger partial charge in [-0.3, -0.25) is 4.79 Å². The first kappa shape index (κ1) is 20.5. The smallest absolute Gasteiger partial charge is 0.341 e. The molecule has 2 aromatic rings. The minimum atomic E-state index is -1.31. The Hall–Kier alpha value is -2.38. The summed E-state index contributed by atoms with van der Waals surface area (Å²) in [5.41, 5.74) is -0.314. The minimum absolute atomic E-state index is 0.0257. The number of anilines is 1. The van der Waals surface area contributed by atoms with Crippen LogP contribution in [0.4, 0.5) is 10.1 Å². The first-order chi connectivity index (χ1) is 14.8. The number of nitrogens with zero attached hydrogens (tertiary/aromatic N) is 2. The van der Waals surface area contributed by atoms with Gasteiger partial charge in [0.1, 0.15) is 11.4 Å². The number of likely N-dealkylation sites (N-methyl/N-ethyl adjacent to an activating group) is 1. The van der Waals surface area contributed by atoms with Crippen molar-refractivity contribution >= 4 is 34.2 Å². The number of hydrogen-bond donors (Lipinski definition) is 2. The molecule has 4 unspecified atom stereocenters. The molecule has 1 aliphatic heterocycles. The Morgan fingerprint density at radius 2 is 1.97 bits per heavy atom. The Kier molecular flexibility index (Phi) is 4.86.